The summed E-state index contributed by atoms with van der Waals surface area (Å²) in [4.78, 5) is 22.3. The molecular formula is C18H25F3O7. The minimum atomic E-state index is -4.96. The van der Waals surface area contributed by atoms with Crippen LogP contribution in [-0.2, 0) is 28.8 Å². The zero-order valence-electron chi connectivity index (χ0n) is 16.0. The number of carbonyl (C=O) groups is 1. The van der Waals surface area contributed by atoms with E-state index in [-0.39, 0.29) is 11.8 Å². The van der Waals surface area contributed by atoms with Crippen molar-refractivity contribution in [2.24, 2.45) is 23.7 Å². The first kappa shape index (κ1) is 20.3. The van der Waals surface area contributed by atoms with Gasteiger partial charge in [0.05, 0.1) is 0 Å². The molecule has 0 aromatic carbocycles. The molecule has 1 N–H and O–H groups in total. The standard InChI is InChI=1S/C18H25F3O7/c1-9-4-5-12-10(2)17(18(19,20)21,24-8-13(22)23)26-14-16(12)11(9)6-7-15(3,25-14)27-28-16/h9-12,14H,4-8H2,1-3H3,(H,22,23)/t9-,10-,11+,12?,14+,15+,16?,17-/m1/s1. The second-order valence-electron chi connectivity index (χ2n) is 8.66. The van der Waals surface area contributed by atoms with E-state index in [2.05, 4.69) is 0 Å². The van der Waals surface area contributed by atoms with Gasteiger partial charge in [0.15, 0.2) is 11.9 Å². The summed E-state index contributed by atoms with van der Waals surface area (Å²) in [5.74, 6) is -7.60. The van der Waals surface area contributed by atoms with Gasteiger partial charge in [-0.3, -0.25) is 0 Å². The minimum Gasteiger partial charge on any atom is -0.480 e. The predicted molar refractivity (Wildman–Crippen MR) is 85.4 cm³/mol. The molecule has 4 heterocycles. The third kappa shape index (κ3) is 2.64. The van der Waals surface area contributed by atoms with E-state index in [1.807, 2.05) is 6.92 Å². The number of carboxylic acids is 1. The average molecular weight is 410 g/mol. The fraction of sp³-hybridized carbons (Fsp3) is 0.944. The van der Waals surface area contributed by atoms with Gasteiger partial charge in [-0.2, -0.15) is 13.2 Å². The Morgan fingerprint density at radius 2 is 1.86 bits per heavy atom. The first-order valence-corrected chi connectivity index (χ1v) is 9.60. The number of fused-ring (bicyclic) bond motifs is 2. The van der Waals surface area contributed by atoms with Crippen molar-refractivity contribution in [3.63, 3.8) is 0 Å². The number of rotatable bonds is 3. The molecule has 0 aromatic heterocycles. The Morgan fingerprint density at radius 1 is 1.14 bits per heavy atom. The Hall–Kier alpha value is -0.940. The monoisotopic (exact) mass is 410 g/mol. The lowest BCUT2D eigenvalue weighted by Gasteiger charge is -2.62. The summed E-state index contributed by atoms with van der Waals surface area (Å²) >= 11 is 0. The van der Waals surface area contributed by atoms with E-state index in [9.17, 15) is 18.0 Å². The highest BCUT2D eigenvalue weighted by Gasteiger charge is 2.77. The van der Waals surface area contributed by atoms with Crippen LogP contribution >= 0.6 is 0 Å². The Kier molecular flexibility index (Phi) is 4.56. The molecule has 1 aliphatic carbocycles. The molecule has 4 aliphatic heterocycles. The lowest BCUT2D eigenvalue weighted by Crippen LogP contribution is -2.76. The van der Waals surface area contributed by atoms with Gasteiger partial charge in [-0.1, -0.05) is 13.8 Å². The lowest BCUT2D eigenvalue weighted by molar-refractivity contribution is -0.598. The molecule has 160 valence electrons. The minimum absolute atomic E-state index is 0.103. The van der Waals surface area contributed by atoms with Crippen molar-refractivity contribution in [3.8, 4) is 0 Å². The predicted octanol–water partition coefficient (Wildman–Crippen LogP) is 3.23. The summed E-state index contributed by atoms with van der Waals surface area (Å²) in [5.41, 5.74) is -1.19. The van der Waals surface area contributed by atoms with Gasteiger partial charge in [0.25, 0.3) is 5.79 Å². The summed E-state index contributed by atoms with van der Waals surface area (Å²) in [6.45, 7) is 3.89. The maximum atomic E-state index is 14.2. The van der Waals surface area contributed by atoms with Gasteiger partial charge in [0.2, 0.25) is 5.79 Å². The molecule has 5 fully saturated rings. The number of aliphatic carboxylic acids is 1. The summed E-state index contributed by atoms with van der Waals surface area (Å²) in [5, 5.41) is 8.92. The Bertz CT molecular complexity index is 658. The first-order valence-electron chi connectivity index (χ1n) is 9.60. The van der Waals surface area contributed by atoms with Crippen LogP contribution in [0.25, 0.3) is 0 Å². The first-order chi connectivity index (χ1) is 13.0. The summed E-state index contributed by atoms with van der Waals surface area (Å²) in [6, 6.07) is 0. The van der Waals surface area contributed by atoms with E-state index in [1.165, 1.54) is 6.92 Å². The molecule has 2 bridgehead atoms. The van der Waals surface area contributed by atoms with Gasteiger partial charge in [0, 0.05) is 18.3 Å². The number of halogens is 3. The van der Waals surface area contributed by atoms with Crippen LogP contribution in [-0.4, -0.2) is 47.3 Å². The van der Waals surface area contributed by atoms with Crippen LogP contribution in [0.5, 0.6) is 0 Å². The molecule has 5 rings (SSSR count). The van der Waals surface area contributed by atoms with E-state index >= 15 is 0 Å². The van der Waals surface area contributed by atoms with Crippen LogP contribution in [0.2, 0.25) is 0 Å². The highest BCUT2D eigenvalue weighted by Crippen LogP contribution is 2.64. The topological polar surface area (TPSA) is 83.5 Å². The highest BCUT2D eigenvalue weighted by atomic mass is 19.4. The van der Waals surface area contributed by atoms with Crippen molar-refractivity contribution in [1.82, 2.24) is 0 Å². The van der Waals surface area contributed by atoms with Crippen molar-refractivity contribution in [3.05, 3.63) is 0 Å². The number of hydrogen-bond donors (Lipinski definition) is 1. The van der Waals surface area contributed by atoms with Gasteiger partial charge < -0.3 is 19.3 Å². The van der Waals surface area contributed by atoms with E-state index in [4.69, 9.17) is 29.1 Å². The van der Waals surface area contributed by atoms with Crippen LogP contribution in [0.15, 0.2) is 0 Å². The van der Waals surface area contributed by atoms with Crippen LogP contribution in [0, 0.1) is 23.7 Å². The van der Waals surface area contributed by atoms with E-state index < -0.39 is 54.1 Å². The van der Waals surface area contributed by atoms with Gasteiger partial charge in [-0.05, 0) is 38.0 Å². The maximum Gasteiger partial charge on any atom is 0.443 e. The fourth-order valence-corrected chi connectivity index (χ4v) is 5.66. The van der Waals surface area contributed by atoms with E-state index in [0.717, 1.165) is 6.42 Å². The Balaban J connectivity index is 1.81. The molecule has 0 radical (unpaired) electrons. The molecule has 4 saturated heterocycles. The average Bonchev–Trinajstić information content (AvgIpc) is 2.82. The molecule has 2 unspecified atom stereocenters. The van der Waals surface area contributed by atoms with Crippen LogP contribution in [0.1, 0.15) is 46.5 Å². The maximum absolute atomic E-state index is 14.2. The lowest BCUT2D eigenvalue weighted by atomic mass is 9.57. The van der Waals surface area contributed by atoms with Gasteiger partial charge >= 0.3 is 12.1 Å². The molecule has 0 aromatic rings. The molecule has 8 atom stereocenters. The highest BCUT2D eigenvalue weighted by molar-refractivity contribution is 5.68. The quantitative estimate of drug-likeness (QED) is 0.715. The third-order valence-electron chi connectivity index (χ3n) is 7.07. The SMILES string of the molecule is C[C@@H]1CCC2[C@@H](C)[C@](OCC(=O)O)(C(F)(F)F)O[C@@H]3O[C@]4(C)CC[C@@H]1C23OO4. The normalized spacial score (nSPS) is 50.7. The fourth-order valence-electron chi connectivity index (χ4n) is 5.66. The van der Waals surface area contributed by atoms with Crippen molar-refractivity contribution in [2.45, 2.75) is 76.1 Å². The van der Waals surface area contributed by atoms with Crippen LogP contribution in [0.3, 0.4) is 0 Å². The van der Waals surface area contributed by atoms with Gasteiger partial charge in [-0.15, -0.1) is 0 Å². The number of hydrogen-bond acceptors (Lipinski definition) is 6. The Morgan fingerprint density at radius 3 is 2.50 bits per heavy atom. The Labute approximate surface area is 160 Å². The molecule has 5 aliphatic rings. The summed E-state index contributed by atoms with van der Waals surface area (Å²) in [6.07, 6.45) is -4.04. The zero-order valence-corrected chi connectivity index (χ0v) is 16.0. The van der Waals surface area contributed by atoms with E-state index in [0.29, 0.717) is 19.3 Å². The van der Waals surface area contributed by atoms with Gasteiger partial charge in [0.1, 0.15) is 6.61 Å². The van der Waals surface area contributed by atoms with Crippen molar-refractivity contribution in [1.29, 1.82) is 0 Å². The number of carboxylic acid groups (broad SMARTS) is 1. The summed E-state index contributed by atoms with van der Waals surface area (Å²) < 4.78 is 59.0. The molecule has 1 saturated carbocycles. The summed E-state index contributed by atoms with van der Waals surface area (Å²) in [7, 11) is 0. The second-order valence-corrected chi connectivity index (χ2v) is 8.66. The molecular weight excluding hydrogens is 385 g/mol. The van der Waals surface area contributed by atoms with Crippen LogP contribution in [0.4, 0.5) is 13.2 Å². The number of alkyl halides is 3. The largest absolute Gasteiger partial charge is 0.480 e. The zero-order chi connectivity index (χ0) is 20.5. The van der Waals surface area contributed by atoms with Crippen LogP contribution < -0.4 is 0 Å². The smallest absolute Gasteiger partial charge is 0.443 e. The van der Waals surface area contributed by atoms with Gasteiger partial charge in [-0.25, -0.2) is 14.6 Å². The third-order valence-corrected chi connectivity index (χ3v) is 7.07. The molecule has 7 nitrogen and oxygen atoms in total. The number of ether oxygens (including phenoxy) is 3. The van der Waals surface area contributed by atoms with Crippen molar-refractivity contribution >= 4 is 5.97 Å². The molecule has 28 heavy (non-hydrogen) atoms. The van der Waals surface area contributed by atoms with Crippen molar-refractivity contribution < 1.29 is 47.1 Å². The molecule has 0 amide bonds. The van der Waals surface area contributed by atoms with E-state index in [1.54, 1.807) is 6.92 Å². The second kappa shape index (κ2) is 6.28. The molecule has 1 spiro atoms. The molecule has 10 heteroatoms. The van der Waals surface area contributed by atoms with Crippen molar-refractivity contribution in [2.75, 3.05) is 6.61 Å².